The SMILES string of the molecule is COc1cc(Br)c(C(O)c2ccc(F)c(Br)c2)cc1OC. The van der Waals surface area contributed by atoms with Gasteiger partial charge in [-0.1, -0.05) is 22.0 Å². The highest BCUT2D eigenvalue weighted by atomic mass is 79.9. The van der Waals surface area contributed by atoms with Gasteiger partial charge in [0.1, 0.15) is 11.9 Å². The summed E-state index contributed by atoms with van der Waals surface area (Å²) in [6, 6.07) is 7.79. The Kier molecular flexibility index (Phi) is 5.24. The minimum atomic E-state index is -0.920. The maximum Gasteiger partial charge on any atom is 0.161 e. The molecule has 0 fully saturated rings. The van der Waals surface area contributed by atoms with Gasteiger partial charge in [-0.2, -0.15) is 0 Å². The van der Waals surface area contributed by atoms with E-state index in [9.17, 15) is 9.50 Å². The molecule has 21 heavy (non-hydrogen) atoms. The standard InChI is InChI=1S/C15H13Br2FO3/c1-20-13-6-9(10(16)7-14(13)21-2)15(19)8-3-4-12(18)11(17)5-8/h3-7,15,19H,1-2H3. The van der Waals surface area contributed by atoms with Gasteiger partial charge in [0.05, 0.1) is 18.7 Å². The average molecular weight is 420 g/mol. The Bertz CT molecular complexity index is 662. The van der Waals surface area contributed by atoms with Crippen LogP contribution in [0.5, 0.6) is 11.5 Å². The molecule has 2 aromatic rings. The van der Waals surface area contributed by atoms with Gasteiger partial charge in [0, 0.05) is 10.0 Å². The summed E-state index contributed by atoms with van der Waals surface area (Å²) in [5.74, 6) is 0.689. The van der Waals surface area contributed by atoms with E-state index in [1.54, 1.807) is 18.2 Å². The number of aliphatic hydroxyl groups excluding tert-OH is 1. The van der Waals surface area contributed by atoms with Gasteiger partial charge in [0.2, 0.25) is 0 Å². The van der Waals surface area contributed by atoms with Gasteiger partial charge in [0.15, 0.2) is 11.5 Å². The molecule has 0 heterocycles. The van der Waals surface area contributed by atoms with Crippen LogP contribution in [0, 0.1) is 5.82 Å². The Hall–Kier alpha value is -1.11. The fourth-order valence-corrected chi connectivity index (χ4v) is 2.88. The van der Waals surface area contributed by atoms with E-state index in [1.165, 1.54) is 26.4 Å². The molecule has 2 rings (SSSR count). The number of methoxy groups -OCH3 is 2. The molecular weight excluding hydrogens is 407 g/mol. The maximum absolute atomic E-state index is 13.3. The van der Waals surface area contributed by atoms with Crippen LogP contribution >= 0.6 is 31.9 Å². The zero-order valence-corrected chi connectivity index (χ0v) is 14.5. The molecule has 112 valence electrons. The van der Waals surface area contributed by atoms with E-state index in [1.807, 2.05) is 0 Å². The summed E-state index contributed by atoms with van der Waals surface area (Å²) in [6.45, 7) is 0. The van der Waals surface area contributed by atoms with Crippen LogP contribution in [0.15, 0.2) is 39.3 Å². The molecule has 0 spiro atoms. The second kappa shape index (κ2) is 6.77. The first-order valence-electron chi connectivity index (χ1n) is 6.02. The van der Waals surface area contributed by atoms with Crippen molar-refractivity contribution < 1.29 is 19.0 Å². The normalized spacial score (nSPS) is 12.1. The van der Waals surface area contributed by atoms with Crippen LogP contribution in [-0.2, 0) is 0 Å². The summed E-state index contributed by atoms with van der Waals surface area (Å²) >= 11 is 6.51. The smallest absolute Gasteiger partial charge is 0.161 e. The number of hydrogen-bond acceptors (Lipinski definition) is 3. The van der Waals surface area contributed by atoms with Crippen LogP contribution in [0.1, 0.15) is 17.2 Å². The van der Waals surface area contributed by atoms with Crippen molar-refractivity contribution in [2.75, 3.05) is 14.2 Å². The highest BCUT2D eigenvalue weighted by molar-refractivity contribution is 9.10. The molecule has 6 heteroatoms. The second-order valence-electron chi connectivity index (χ2n) is 4.30. The molecule has 0 aliphatic rings. The Morgan fingerprint density at radius 2 is 1.62 bits per heavy atom. The minimum Gasteiger partial charge on any atom is -0.493 e. The molecule has 1 N–H and O–H groups in total. The van der Waals surface area contributed by atoms with E-state index in [-0.39, 0.29) is 5.82 Å². The third kappa shape index (κ3) is 3.39. The van der Waals surface area contributed by atoms with Crippen molar-refractivity contribution >= 4 is 31.9 Å². The van der Waals surface area contributed by atoms with Crippen molar-refractivity contribution in [2.45, 2.75) is 6.10 Å². The first-order chi connectivity index (χ1) is 9.97. The van der Waals surface area contributed by atoms with Gasteiger partial charge >= 0.3 is 0 Å². The molecule has 2 aromatic carbocycles. The van der Waals surface area contributed by atoms with Crippen LogP contribution in [0.2, 0.25) is 0 Å². The number of aliphatic hydroxyl groups is 1. The molecule has 3 nitrogen and oxygen atoms in total. The summed E-state index contributed by atoms with van der Waals surface area (Å²) in [7, 11) is 3.06. The predicted octanol–water partition coefficient (Wildman–Crippen LogP) is 4.45. The summed E-state index contributed by atoms with van der Waals surface area (Å²) in [4.78, 5) is 0. The number of rotatable bonds is 4. The first-order valence-corrected chi connectivity index (χ1v) is 7.61. The number of benzene rings is 2. The van der Waals surface area contributed by atoms with Gasteiger partial charge in [-0.3, -0.25) is 0 Å². The van der Waals surface area contributed by atoms with Crippen LogP contribution in [0.25, 0.3) is 0 Å². The van der Waals surface area contributed by atoms with Crippen LogP contribution in [0.3, 0.4) is 0 Å². The predicted molar refractivity (Wildman–Crippen MR) is 85.4 cm³/mol. The maximum atomic E-state index is 13.3. The van der Waals surface area contributed by atoms with E-state index in [2.05, 4.69) is 31.9 Å². The minimum absolute atomic E-state index is 0.302. The van der Waals surface area contributed by atoms with Crippen molar-refractivity contribution in [3.8, 4) is 11.5 Å². The van der Waals surface area contributed by atoms with E-state index in [0.717, 1.165) is 0 Å². The summed E-state index contributed by atoms with van der Waals surface area (Å²) in [5, 5.41) is 10.5. The van der Waals surface area contributed by atoms with E-state index >= 15 is 0 Å². The van der Waals surface area contributed by atoms with Crippen molar-refractivity contribution in [2.24, 2.45) is 0 Å². The van der Waals surface area contributed by atoms with Crippen molar-refractivity contribution in [3.05, 3.63) is 56.2 Å². The monoisotopic (exact) mass is 418 g/mol. The van der Waals surface area contributed by atoms with Crippen LogP contribution in [-0.4, -0.2) is 19.3 Å². The van der Waals surface area contributed by atoms with E-state index in [4.69, 9.17) is 9.47 Å². The molecule has 0 saturated heterocycles. The van der Waals surface area contributed by atoms with Crippen LogP contribution in [0.4, 0.5) is 4.39 Å². The van der Waals surface area contributed by atoms with Gasteiger partial charge in [-0.05, 0) is 45.8 Å². The van der Waals surface area contributed by atoms with Gasteiger partial charge in [-0.25, -0.2) is 4.39 Å². The molecule has 0 aliphatic carbocycles. The number of halogens is 3. The summed E-state index contributed by atoms with van der Waals surface area (Å²) < 4.78 is 24.7. The highest BCUT2D eigenvalue weighted by Crippen LogP contribution is 2.38. The number of hydrogen-bond donors (Lipinski definition) is 1. The van der Waals surface area contributed by atoms with Gasteiger partial charge in [0.25, 0.3) is 0 Å². The van der Waals surface area contributed by atoms with Crippen molar-refractivity contribution in [1.82, 2.24) is 0 Å². The third-order valence-electron chi connectivity index (χ3n) is 3.06. The Morgan fingerprint density at radius 3 is 2.19 bits per heavy atom. The average Bonchev–Trinajstić information content (AvgIpc) is 2.49. The summed E-state index contributed by atoms with van der Waals surface area (Å²) in [5.41, 5.74) is 1.17. The van der Waals surface area contributed by atoms with Gasteiger partial charge < -0.3 is 14.6 Å². The lowest BCUT2D eigenvalue weighted by molar-refractivity contribution is 0.218. The molecule has 0 aromatic heterocycles. The lowest BCUT2D eigenvalue weighted by atomic mass is 10.0. The highest BCUT2D eigenvalue weighted by Gasteiger charge is 2.18. The van der Waals surface area contributed by atoms with Crippen molar-refractivity contribution in [1.29, 1.82) is 0 Å². The molecule has 1 unspecified atom stereocenters. The zero-order chi connectivity index (χ0) is 15.6. The zero-order valence-electron chi connectivity index (χ0n) is 11.4. The number of ether oxygens (including phenoxy) is 2. The second-order valence-corrected chi connectivity index (χ2v) is 6.01. The summed E-state index contributed by atoms with van der Waals surface area (Å²) in [6.07, 6.45) is -0.920. The van der Waals surface area contributed by atoms with Crippen LogP contribution < -0.4 is 9.47 Å². The van der Waals surface area contributed by atoms with Crippen molar-refractivity contribution in [3.63, 3.8) is 0 Å². The molecule has 1 atom stereocenters. The Morgan fingerprint density at radius 1 is 1.00 bits per heavy atom. The lowest BCUT2D eigenvalue weighted by Gasteiger charge is -2.17. The fourth-order valence-electron chi connectivity index (χ4n) is 1.94. The molecule has 0 aliphatic heterocycles. The van der Waals surface area contributed by atoms with E-state index in [0.29, 0.717) is 31.6 Å². The topological polar surface area (TPSA) is 38.7 Å². The first kappa shape index (κ1) is 16.3. The Labute approximate surface area is 139 Å². The Balaban J connectivity index is 2.47. The molecule has 0 bridgehead atoms. The lowest BCUT2D eigenvalue weighted by Crippen LogP contribution is -2.03. The quantitative estimate of drug-likeness (QED) is 0.795. The van der Waals surface area contributed by atoms with E-state index < -0.39 is 6.10 Å². The third-order valence-corrected chi connectivity index (χ3v) is 4.35. The fraction of sp³-hybridized carbons (Fsp3) is 0.200. The molecule has 0 saturated carbocycles. The molecular formula is C15H13Br2FO3. The molecule has 0 radical (unpaired) electrons. The van der Waals surface area contributed by atoms with Gasteiger partial charge in [-0.15, -0.1) is 0 Å². The largest absolute Gasteiger partial charge is 0.493 e. The molecule has 0 amide bonds.